The Balaban J connectivity index is 2.38. The number of nitrogens with one attached hydrogen (secondary N) is 1. The molecule has 6 nitrogen and oxygen atoms in total. The molecule has 2 aromatic heterocycles. The van der Waals surface area contributed by atoms with Gasteiger partial charge in [0.2, 0.25) is 0 Å². The molecule has 3 N–H and O–H groups in total. The molecule has 7 heteroatoms. The van der Waals surface area contributed by atoms with Crippen molar-refractivity contribution in [2.75, 3.05) is 13.7 Å². The Morgan fingerprint density at radius 2 is 2.25 bits per heavy atom. The van der Waals surface area contributed by atoms with E-state index in [4.69, 9.17) is 10.6 Å². The molecular weight excluding hydrogens is 322 g/mol. The number of hydrazine groups is 1. The molecule has 0 spiro atoms. The van der Waals surface area contributed by atoms with Gasteiger partial charge in [-0.25, -0.2) is 5.43 Å². The topological polar surface area (TPSA) is 78.0 Å². The van der Waals surface area contributed by atoms with Gasteiger partial charge in [0, 0.05) is 19.5 Å². The van der Waals surface area contributed by atoms with Crippen molar-refractivity contribution in [1.29, 1.82) is 0 Å². The van der Waals surface area contributed by atoms with Gasteiger partial charge in [-0.1, -0.05) is 6.07 Å². The minimum atomic E-state index is -0.184. The summed E-state index contributed by atoms with van der Waals surface area (Å²) >= 11 is 3.53. The molecule has 1 atom stereocenters. The van der Waals surface area contributed by atoms with Crippen molar-refractivity contribution < 1.29 is 4.74 Å². The summed E-state index contributed by atoms with van der Waals surface area (Å²) in [5.41, 5.74) is 5.87. The molecule has 0 bridgehead atoms. The van der Waals surface area contributed by atoms with Crippen LogP contribution in [0, 0.1) is 6.92 Å². The number of aromatic nitrogens is 3. The number of aryl methyl sites for hydroxylation is 1. The standard InChI is InChI=1S/C13H18BrN5O/c1-9-5-10(7-16-6-9)12(18-15)13-11(14)8-17-19(13)3-4-20-2/h5-8,12,18H,3-4,15H2,1-2H3. The lowest BCUT2D eigenvalue weighted by atomic mass is 10.1. The molecule has 0 aromatic carbocycles. The number of hydrogen-bond acceptors (Lipinski definition) is 5. The van der Waals surface area contributed by atoms with Gasteiger partial charge >= 0.3 is 0 Å². The number of ether oxygens (including phenoxy) is 1. The van der Waals surface area contributed by atoms with Crippen molar-refractivity contribution in [3.8, 4) is 0 Å². The van der Waals surface area contributed by atoms with E-state index in [2.05, 4.69) is 37.5 Å². The molecule has 0 aliphatic rings. The third-order valence-corrected chi connectivity index (χ3v) is 3.62. The lowest BCUT2D eigenvalue weighted by Crippen LogP contribution is -2.31. The predicted molar refractivity (Wildman–Crippen MR) is 79.9 cm³/mol. The Labute approximate surface area is 126 Å². The lowest BCUT2D eigenvalue weighted by Gasteiger charge is -2.19. The Bertz CT molecular complexity index is 572. The van der Waals surface area contributed by atoms with Crippen LogP contribution in [-0.4, -0.2) is 28.5 Å². The predicted octanol–water partition coefficient (Wildman–Crippen LogP) is 1.55. The molecule has 1 unspecified atom stereocenters. The second kappa shape index (κ2) is 6.94. The third-order valence-electron chi connectivity index (χ3n) is 3.01. The Kier molecular flexibility index (Phi) is 5.24. The van der Waals surface area contributed by atoms with Crippen LogP contribution < -0.4 is 11.3 Å². The van der Waals surface area contributed by atoms with Gasteiger partial charge in [0.25, 0.3) is 0 Å². The van der Waals surface area contributed by atoms with Crippen LogP contribution in [0.5, 0.6) is 0 Å². The normalized spacial score (nSPS) is 12.6. The maximum atomic E-state index is 5.74. The fourth-order valence-corrected chi connectivity index (χ4v) is 2.61. The Hall–Kier alpha value is -1.28. The van der Waals surface area contributed by atoms with E-state index >= 15 is 0 Å². The monoisotopic (exact) mass is 339 g/mol. The minimum Gasteiger partial charge on any atom is -0.383 e. The first-order valence-electron chi connectivity index (χ1n) is 6.25. The summed E-state index contributed by atoms with van der Waals surface area (Å²) in [5, 5.41) is 4.34. The zero-order valence-electron chi connectivity index (χ0n) is 11.5. The summed E-state index contributed by atoms with van der Waals surface area (Å²) in [4.78, 5) is 4.22. The molecule has 0 aliphatic carbocycles. The molecule has 2 aromatic rings. The van der Waals surface area contributed by atoms with Crippen molar-refractivity contribution in [1.82, 2.24) is 20.2 Å². The molecule has 20 heavy (non-hydrogen) atoms. The van der Waals surface area contributed by atoms with Crippen molar-refractivity contribution in [2.45, 2.75) is 19.5 Å². The van der Waals surface area contributed by atoms with Gasteiger partial charge in [0.1, 0.15) is 0 Å². The minimum absolute atomic E-state index is 0.184. The van der Waals surface area contributed by atoms with Gasteiger partial charge in [0.15, 0.2) is 0 Å². The van der Waals surface area contributed by atoms with Crippen LogP contribution in [0.25, 0.3) is 0 Å². The van der Waals surface area contributed by atoms with Crippen molar-refractivity contribution >= 4 is 15.9 Å². The molecule has 0 radical (unpaired) electrons. The van der Waals surface area contributed by atoms with Gasteiger partial charge in [-0.05, 0) is 34.0 Å². The van der Waals surface area contributed by atoms with E-state index in [0.717, 1.165) is 21.3 Å². The summed E-state index contributed by atoms with van der Waals surface area (Å²) in [6, 6.07) is 1.87. The average Bonchev–Trinajstić information content (AvgIpc) is 2.79. The molecule has 0 amide bonds. The van der Waals surface area contributed by atoms with Crippen LogP contribution in [0.2, 0.25) is 0 Å². The molecule has 0 aliphatic heterocycles. The van der Waals surface area contributed by atoms with E-state index in [1.54, 1.807) is 19.5 Å². The van der Waals surface area contributed by atoms with Crippen LogP contribution in [0.1, 0.15) is 22.9 Å². The first-order chi connectivity index (χ1) is 9.67. The summed E-state index contributed by atoms with van der Waals surface area (Å²) < 4.78 is 7.88. The largest absolute Gasteiger partial charge is 0.383 e. The van der Waals surface area contributed by atoms with Gasteiger partial charge in [-0.2, -0.15) is 5.10 Å². The van der Waals surface area contributed by atoms with Crippen LogP contribution in [-0.2, 0) is 11.3 Å². The van der Waals surface area contributed by atoms with E-state index < -0.39 is 0 Å². The Morgan fingerprint density at radius 3 is 2.90 bits per heavy atom. The fourth-order valence-electron chi connectivity index (χ4n) is 2.08. The third kappa shape index (κ3) is 3.24. The number of nitrogens with zero attached hydrogens (tertiary/aromatic N) is 3. The van der Waals surface area contributed by atoms with Crippen molar-refractivity contribution in [3.05, 3.63) is 46.0 Å². The number of hydrogen-bond donors (Lipinski definition) is 2. The number of nitrogens with two attached hydrogens (primary N) is 1. The van der Waals surface area contributed by atoms with E-state index in [-0.39, 0.29) is 6.04 Å². The van der Waals surface area contributed by atoms with Crippen LogP contribution in [0.3, 0.4) is 0 Å². The summed E-state index contributed by atoms with van der Waals surface area (Å²) in [6.45, 7) is 3.25. The number of pyridine rings is 1. The fraction of sp³-hybridized carbons (Fsp3) is 0.385. The smallest absolute Gasteiger partial charge is 0.0904 e. The molecule has 0 fully saturated rings. The zero-order valence-corrected chi connectivity index (χ0v) is 13.1. The van der Waals surface area contributed by atoms with E-state index in [1.165, 1.54) is 0 Å². The van der Waals surface area contributed by atoms with E-state index in [1.807, 2.05) is 17.8 Å². The highest BCUT2D eigenvalue weighted by atomic mass is 79.9. The van der Waals surface area contributed by atoms with Gasteiger partial charge in [-0.15, -0.1) is 0 Å². The SMILES string of the molecule is COCCn1ncc(Br)c1C(NN)c1cncc(C)c1. The van der Waals surface area contributed by atoms with E-state index in [0.29, 0.717) is 13.2 Å². The number of halogens is 1. The highest BCUT2D eigenvalue weighted by Gasteiger charge is 2.21. The second-order valence-electron chi connectivity index (χ2n) is 4.49. The summed E-state index contributed by atoms with van der Waals surface area (Å²) in [7, 11) is 1.67. The van der Waals surface area contributed by atoms with Crippen LogP contribution >= 0.6 is 15.9 Å². The number of rotatable bonds is 6. The first kappa shape index (κ1) is 15.1. The van der Waals surface area contributed by atoms with Gasteiger partial charge < -0.3 is 4.74 Å². The molecule has 0 saturated heterocycles. The van der Waals surface area contributed by atoms with Crippen LogP contribution in [0.4, 0.5) is 0 Å². The average molecular weight is 340 g/mol. The van der Waals surface area contributed by atoms with Gasteiger partial charge in [-0.3, -0.25) is 15.5 Å². The second-order valence-corrected chi connectivity index (χ2v) is 5.34. The molecule has 108 valence electrons. The van der Waals surface area contributed by atoms with Crippen molar-refractivity contribution in [3.63, 3.8) is 0 Å². The maximum absolute atomic E-state index is 5.74. The molecular formula is C13H18BrN5O. The van der Waals surface area contributed by atoms with E-state index in [9.17, 15) is 0 Å². The molecule has 0 saturated carbocycles. The lowest BCUT2D eigenvalue weighted by molar-refractivity contribution is 0.182. The highest BCUT2D eigenvalue weighted by Crippen LogP contribution is 2.28. The quantitative estimate of drug-likeness (QED) is 0.616. The number of methoxy groups -OCH3 is 1. The Morgan fingerprint density at radius 1 is 1.45 bits per heavy atom. The van der Waals surface area contributed by atoms with Gasteiger partial charge in [0.05, 0.1) is 35.6 Å². The van der Waals surface area contributed by atoms with Crippen molar-refractivity contribution in [2.24, 2.45) is 5.84 Å². The first-order valence-corrected chi connectivity index (χ1v) is 7.04. The van der Waals surface area contributed by atoms with Crippen LogP contribution in [0.15, 0.2) is 29.1 Å². The molecule has 2 rings (SSSR count). The highest BCUT2D eigenvalue weighted by molar-refractivity contribution is 9.10. The maximum Gasteiger partial charge on any atom is 0.0904 e. The summed E-state index contributed by atoms with van der Waals surface area (Å²) in [6.07, 6.45) is 5.38. The zero-order chi connectivity index (χ0) is 14.5. The molecule has 2 heterocycles. The summed E-state index contributed by atoms with van der Waals surface area (Å²) in [5.74, 6) is 5.74.